The van der Waals surface area contributed by atoms with Gasteiger partial charge in [-0.3, -0.25) is 4.79 Å². The Morgan fingerprint density at radius 1 is 1.48 bits per heavy atom. The van der Waals surface area contributed by atoms with E-state index in [-0.39, 0.29) is 5.91 Å². The van der Waals surface area contributed by atoms with Crippen LogP contribution >= 0.6 is 0 Å². The second-order valence-electron chi connectivity index (χ2n) is 6.56. The lowest BCUT2D eigenvalue weighted by Gasteiger charge is -2.29. The van der Waals surface area contributed by atoms with Crippen LogP contribution in [0.2, 0.25) is 0 Å². The quantitative estimate of drug-likeness (QED) is 0.809. The molecule has 1 aliphatic heterocycles. The highest BCUT2D eigenvalue weighted by Gasteiger charge is 2.25. The molecular weight excluding hydrogens is 320 g/mol. The number of carbonyl (C=O) groups excluding carboxylic acids is 1. The van der Waals surface area contributed by atoms with Gasteiger partial charge in [0.15, 0.2) is 5.75 Å². The van der Waals surface area contributed by atoms with Crippen molar-refractivity contribution < 1.29 is 14.6 Å². The first kappa shape index (κ1) is 17.2. The molecule has 3 rings (SSSR count). The summed E-state index contributed by atoms with van der Waals surface area (Å²) in [5.41, 5.74) is 0.648. The smallest absolute Gasteiger partial charge is 0.250 e. The van der Waals surface area contributed by atoms with Crippen molar-refractivity contribution in [3.8, 4) is 5.75 Å². The van der Waals surface area contributed by atoms with Gasteiger partial charge in [0.05, 0.1) is 28.7 Å². The number of ether oxygens (including phenoxy) is 1. The third kappa shape index (κ3) is 3.56. The molecule has 1 aromatic carbocycles. The maximum Gasteiger partial charge on any atom is 0.250 e. The molecule has 0 unspecified atom stereocenters. The minimum absolute atomic E-state index is 0.169. The fraction of sp³-hybridized carbons (Fsp3) is 0.389. The Labute approximate surface area is 146 Å². The first-order valence-corrected chi connectivity index (χ1v) is 8.21. The van der Waals surface area contributed by atoms with Gasteiger partial charge in [-0.1, -0.05) is 6.58 Å². The molecule has 0 fully saturated rings. The van der Waals surface area contributed by atoms with Crippen LogP contribution in [0.4, 0.5) is 11.5 Å². The number of nitrogens with one attached hydrogen (secondary N) is 1. The molecule has 25 heavy (non-hydrogen) atoms. The van der Waals surface area contributed by atoms with E-state index in [1.807, 2.05) is 12.1 Å². The van der Waals surface area contributed by atoms with Crippen molar-refractivity contribution in [3.05, 3.63) is 31.1 Å². The monoisotopic (exact) mass is 342 g/mol. The molecule has 132 valence electrons. The number of anilines is 2. The van der Waals surface area contributed by atoms with Gasteiger partial charge in [0, 0.05) is 6.54 Å². The van der Waals surface area contributed by atoms with Crippen LogP contribution in [0, 0.1) is 0 Å². The van der Waals surface area contributed by atoms with Gasteiger partial charge in [-0.2, -0.15) is 0 Å². The summed E-state index contributed by atoms with van der Waals surface area (Å²) in [5, 5.41) is 13.8. The topological polar surface area (TPSA) is 87.6 Å². The van der Waals surface area contributed by atoms with Crippen molar-refractivity contribution in [2.45, 2.75) is 25.9 Å². The lowest BCUT2D eigenvalue weighted by Crippen LogP contribution is -2.36. The van der Waals surface area contributed by atoms with Crippen molar-refractivity contribution in [1.82, 2.24) is 9.97 Å². The summed E-state index contributed by atoms with van der Waals surface area (Å²) in [6.45, 7) is 8.49. The predicted octanol–water partition coefficient (Wildman–Crippen LogP) is 2.11. The average molecular weight is 342 g/mol. The SMILES string of the molecule is C=CC(=O)N1CCOc2c1ccc1ncnc(NCCC(C)(C)O)c21. The molecule has 1 aromatic heterocycles. The van der Waals surface area contributed by atoms with E-state index in [1.54, 1.807) is 18.7 Å². The van der Waals surface area contributed by atoms with E-state index >= 15 is 0 Å². The van der Waals surface area contributed by atoms with Gasteiger partial charge in [-0.25, -0.2) is 9.97 Å². The molecule has 1 aliphatic rings. The summed E-state index contributed by atoms with van der Waals surface area (Å²) in [7, 11) is 0. The molecule has 0 spiro atoms. The molecule has 0 bridgehead atoms. The van der Waals surface area contributed by atoms with E-state index in [0.717, 1.165) is 10.9 Å². The lowest BCUT2D eigenvalue weighted by molar-refractivity contribution is -0.114. The number of amides is 1. The largest absolute Gasteiger partial charge is 0.489 e. The van der Waals surface area contributed by atoms with Gasteiger partial charge in [0.25, 0.3) is 5.91 Å². The molecule has 7 heteroatoms. The molecular formula is C18H22N4O3. The summed E-state index contributed by atoms with van der Waals surface area (Å²) in [6, 6.07) is 3.67. The highest BCUT2D eigenvalue weighted by molar-refractivity contribution is 6.07. The Hall–Kier alpha value is -2.67. The number of hydrogen-bond donors (Lipinski definition) is 2. The molecule has 0 aliphatic carbocycles. The molecule has 7 nitrogen and oxygen atoms in total. The molecule has 0 saturated carbocycles. The fourth-order valence-electron chi connectivity index (χ4n) is 2.79. The second-order valence-corrected chi connectivity index (χ2v) is 6.56. The standard InChI is InChI=1S/C18H22N4O3/c1-4-14(23)22-9-10-25-16-13(22)6-5-12-15(16)17(21-11-20-12)19-8-7-18(2,3)24/h4-6,11,24H,1,7-10H2,2-3H3,(H,19,20,21). The third-order valence-electron chi connectivity index (χ3n) is 4.06. The van der Waals surface area contributed by atoms with E-state index in [4.69, 9.17) is 4.74 Å². The Kier molecular flexibility index (Phi) is 4.59. The summed E-state index contributed by atoms with van der Waals surface area (Å²) >= 11 is 0. The first-order chi connectivity index (χ1) is 11.9. The van der Waals surface area contributed by atoms with Crippen LogP contribution in [-0.2, 0) is 4.79 Å². The Bertz CT molecular complexity index is 814. The predicted molar refractivity (Wildman–Crippen MR) is 97.0 cm³/mol. The van der Waals surface area contributed by atoms with Gasteiger partial charge < -0.3 is 20.1 Å². The van der Waals surface area contributed by atoms with Crippen molar-refractivity contribution in [3.63, 3.8) is 0 Å². The molecule has 0 saturated heterocycles. The van der Waals surface area contributed by atoms with Crippen LogP contribution in [0.25, 0.3) is 10.9 Å². The summed E-state index contributed by atoms with van der Waals surface area (Å²) in [6.07, 6.45) is 3.34. The minimum atomic E-state index is -0.765. The van der Waals surface area contributed by atoms with Gasteiger partial charge in [-0.15, -0.1) is 0 Å². The van der Waals surface area contributed by atoms with Gasteiger partial charge in [-0.05, 0) is 38.5 Å². The molecule has 0 atom stereocenters. The fourth-order valence-corrected chi connectivity index (χ4v) is 2.79. The summed E-state index contributed by atoms with van der Waals surface area (Å²) in [5.74, 6) is 1.04. The first-order valence-electron chi connectivity index (χ1n) is 8.21. The van der Waals surface area contributed by atoms with Crippen LogP contribution < -0.4 is 15.0 Å². The number of rotatable bonds is 5. The molecule has 2 heterocycles. The van der Waals surface area contributed by atoms with Crippen LogP contribution in [0.1, 0.15) is 20.3 Å². The zero-order valence-corrected chi connectivity index (χ0v) is 14.5. The van der Waals surface area contributed by atoms with Gasteiger partial charge in [0.2, 0.25) is 0 Å². The maximum atomic E-state index is 12.1. The van der Waals surface area contributed by atoms with Crippen molar-refractivity contribution in [2.24, 2.45) is 0 Å². The Balaban J connectivity index is 2.02. The van der Waals surface area contributed by atoms with Gasteiger partial charge in [0.1, 0.15) is 18.8 Å². The van der Waals surface area contributed by atoms with E-state index in [9.17, 15) is 9.90 Å². The maximum absolute atomic E-state index is 12.1. The molecule has 0 radical (unpaired) electrons. The number of hydrogen-bond acceptors (Lipinski definition) is 6. The number of nitrogens with zero attached hydrogens (tertiary/aromatic N) is 3. The van der Waals surface area contributed by atoms with Crippen LogP contribution in [-0.4, -0.2) is 46.3 Å². The van der Waals surface area contributed by atoms with Crippen molar-refractivity contribution >= 4 is 28.3 Å². The Morgan fingerprint density at radius 2 is 2.28 bits per heavy atom. The number of aromatic nitrogens is 2. The number of aliphatic hydroxyl groups is 1. The molecule has 2 N–H and O–H groups in total. The zero-order valence-electron chi connectivity index (χ0n) is 14.5. The van der Waals surface area contributed by atoms with E-state index in [0.29, 0.717) is 43.4 Å². The molecule has 2 aromatic rings. The molecule has 1 amide bonds. The third-order valence-corrected chi connectivity index (χ3v) is 4.06. The van der Waals surface area contributed by atoms with Crippen molar-refractivity contribution in [2.75, 3.05) is 29.9 Å². The number of fused-ring (bicyclic) bond motifs is 3. The van der Waals surface area contributed by atoms with E-state index in [2.05, 4.69) is 21.9 Å². The highest BCUT2D eigenvalue weighted by Crippen LogP contribution is 2.40. The van der Waals surface area contributed by atoms with Gasteiger partial charge >= 0.3 is 0 Å². The second kappa shape index (κ2) is 6.68. The van der Waals surface area contributed by atoms with Crippen LogP contribution in [0.3, 0.4) is 0 Å². The Morgan fingerprint density at radius 3 is 3.00 bits per heavy atom. The summed E-state index contributed by atoms with van der Waals surface area (Å²) < 4.78 is 5.85. The number of carbonyl (C=O) groups is 1. The van der Waals surface area contributed by atoms with Crippen LogP contribution in [0.15, 0.2) is 31.1 Å². The average Bonchev–Trinajstić information content (AvgIpc) is 2.59. The van der Waals surface area contributed by atoms with Crippen molar-refractivity contribution in [1.29, 1.82) is 0 Å². The highest BCUT2D eigenvalue weighted by atomic mass is 16.5. The van der Waals surface area contributed by atoms with E-state index in [1.165, 1.54) is 12.4 Å². The van der Waals surface area contributed by atoms with Crippen LogP contribution in [0.5, 0.6) is 5.75 Å². The minimum Gasteiger partial charge on any atom is -0.489 e. The number of benzene rings is 1. The normalized spacial score (nSPS) is 14.0. The summed E-state index contributed by atoms with van der Waals surface area (Å²) in [4.78, 5) is 22.4. The lowest BCUT2D eigenvalue weighted by atomic mass is 10.1. The zero-order chi connectivity index (χ0) is 18.0. The van der Waals surface area contributed by atoms with E-state index < -0.39 is 5.60 Å².